The number of nitrogen functional groups attached to an aromatic ring is 1. The summed E-state index contributed by atoms with van der Waals surface area (Å²) < 4.78 is 9.78. The van der Waals surface area contributed by atoms with E-state index in [4.69, 9.17) is 10.5 Å². The van der Waals surface area contributed by atoms with E-state index in [0.717, 1.165) is 59.4 Å². The monoisotopic (exact) mass is 486 g/mol. The zero-order valence-electron chi connectivity index (χ0n) is 21.2. The Labute approximate surface area is 213 Å². The van der Waals surface area contributed by atoms with Gasteiger partial charge in [-0.3, -0.25) is 0 Å². The fraction of sp³-hybridized carbons (Fsp3) is 0.250. The average Bonchev–Trinajstić information content (AvgIpc) is 3.31. The van der Waals surface area contributed by atoms with E-state index in [-0.39, 0.29) is 0 Å². The smallest absolute Gasteiger partial charge is 0.243 e. The molecule has 0 saturated carbocycles. The van der Waals surface area contributed by atoms with Gasteiger partial charge >= 0.3 is 0 Å². The van der Waals surface area contributed by atoms with E-state index in [1.165, 1.54) is 0 Å². The van der Waals surface area contributed by atoms with Crippen molar-refractivity contribution in [3.8, 4) is 5.75 Å². The Bertz CT molecular complexity index is 1250. The van der Waals surface area contributed by atoms with Crippen LogP contribution in [0.4, 0.5) is 39.8 Å². The van der Waals surface area contributed by atoms with Crippen molar-refractivity contribution in [2.45, 2.75) is 19.9 Å². The van der Waals surface area contributed by atoms with Crippen LogP contribution >= 0.6 is 0 Å². The molecule has 3 aromatic carbocycles. The third-order valence-corrected chi connectivity index (χ3v) is 5.81. The fourth-order valence-electron chi connectivity index (χ4n) is 3.95. The zero-order valence-corrected chi connectivity index (χ0v) is 21.2. The molecule has 4 aromatic rings. The number of aryl methyl sites for hydroxylation is 2. The largest absolute Gasteiger partial charge is 0.494 e. The third kappa shape index (κ3) is 6.63. The fourth-order valence-corrected chi connectivity index (χ4v) is 3.95. The minimum absolute atomic E-state index is 0.647. The van der Waals surface area contributed by atoms with Gasteiger partial charge in [0.1, 0.15) is 18.1 Å². The molecular formula is C28H36N7O+. The molecular weight excluding hydrogens is 450 g/mol. The second-order valence-electron chi connectivity index (χ2n) is 8.62. The van der Waals surface area contributed by atoms with Crippen molar-refractivity contribution in [3.05, 3.63) is 79.4 Å². The highest BCUT2D eigenvalue weighted by atomic mass is 16.5. The van der Waals surface area contributed by atoms with E-state index >= 15 is 0 Å². The Kier molecular flexibility index (Phi) is 8.18. The number of rotatable bonds is 12. The summed E-state index contributed by atoms with van der Waals surface area (Å²) in [5, 5.41) is 13.6. The van der Waals surface area contributed by atoms with Crippen LogP contribution in [0.3, 0.4) is 0 Å². The number of ether oxygens (including phenoxy) is 1. The van der Waals surface area contributed by atoms with Crippen molar-refractivity contribution in [2.75, 3.05) is 47.2 Å². The predicted molar refractivity (Wildman–Crippen MR) is 150 cm³/mol. The minimum Gasteiger partial charge on any atom is -0.494 e. The lowest BCUT2D eigenvalue weighted by Gasteiger charge is -2.17. The van der Waals surface area contributed by atoms with Crippen LogP contribution in [0.2, 0.25) is 0 Å². The average molecular weight is 487 g/mol. The predicted octanol–water partition coefficient (Wildman–Crippen LogP) is 5.32. The quantitative estimate of drug-likeness (QED) is 0.106. The molecule has 0 amide bonds. The molecule has 188 valence electrons. The van der Waals surface area contributed by atoms with Crippen LogP contribution in [-0.4, -0.2) is 24.8 Å². The third-order valence-electron chi connectivity index (χ3n) is 5.81. The van der Waals surface area contributed by atoms with Gasteiger partial charge < -0.3 is 31.7 Å². The molecule has 0 saturated heterocycles. The van der Waals surface area contributed by atoms with Gasteiger partial charge in [0, 0.05) is 37.1 Å². The van der Waals surface area contributed by atoms with Gasteiger partial charge in [0.05, 0.1) is 42.9 Å². The Morgan fingerprint density at radius 3 is 2.19 bits per heavy atom. The van der Waals surface area contributed by atoms with Crippen LogP contribution in [0.1, 0.15) is 13.3 Å². The molecule has 0 aliphatic rings. The van der Waals surface area contributed by atoms with E-state index in [1.54, 1.807) is 0 Å². The molecule has 0 bridgehead atoms. The first-order valence-electron chi connectivity index (χ1n) is 12.3. The highest BCUT2D eigenvalue weighted by Gasteiger charge is 2.09. The first kappa shape index (κ1) is 24.8. The maximum absolute atomic E-state index is 6.36. The molecule has 36 heavy (non-hydrogen) atoms. The molecule has 0 atom stereocenters. The van der Waals surface area contributed by atoms with Gasteiger partial charge in [-0.05, 0) is 67.6 Å². The molecule has 0 fully saturated rings. The molecule has 4 rings (SSSR count). The van der Waals surface area contributed by atoms with Crippen LogP contribution in [0.5, 0.6) is 5.75 Å². The molecule has 0 aliphatic carbocycles. The van der Waals surface area contributed by atoms with Crippen LogP contribution in [0.15, 0.2) is 79.4 Å². The SMILES string of the molecule is CCOc1ccc(Nc2cc(Nc3ccc(NCCCn4cc[n+](C)c4)cc3)c(N)cc2NC)cc1. The Hall–Kier alpha value is -4.33. The normalized spacial score (nSPS) is 10.6. The van der Waals surface area contributed by atoms with E-state index in [9.17, 15) is 0 Å². The number of nitrogens with one attached hydrogen (secondary N) is 4. The summed E-state index contributed by atoms with van der Waals surface area (Å²) in [5.74, 6) is 0.851. The molecule has 8 heteroatoms. The highest BCUT2D eigenvalue weighted by molar-refractivity contribution is 5.86. The summed E-state index contributed by atoms with van der Waals surface area (Å²) in [6.45, 7) is 4.52. The number of hydrogen-bond acceptors (Lipinski definition) is 6. The number of hydrogen-bond donors (Lipinski definition) is 5. The van der Waals surface area contributed by atoms with Crippen LogP contribution in [0, 0.1) is 0 Å². The Balaban J connectivity index is 1.37. The van der Waals surface area contributed by atoms with Gasteiger partial charge in [-0.15, -0.1) is 0 Å². The van der Waals surface area contributed by atoms with Crippen LogP contribution in [-0.2, 0) is 13.6 Å². The lowest BCUT2D eigenvalue weighted by Crippen LogP contribution is -2.23. The molecule has 1 heterocycles. The molecule has 6 N–H and O–H groups in total. The summed E-state index contributed by atoms with van der Waals surface area (Å²) in [7, 11) is 3.92. The first-order valence-corrected chi connectivity index (χ1v) is 12.3. The number of anilines is 7. The number of nitrogens with two attached hydrogens (primary N) is 1. The zero-order chi connectivity index (χ0) is 25.3. The van der Waals surface area contributed by atoms with Crippen LogP contribution < -0.4 is 36.3 Å². The summed E-state index contributed by atoms with van der Waals surface area (Å²) in [6, 6.07) is 20.1. The van der Waals surface area contributed by atoms with Crippen molar-refractivity contribution in [1.82, 2.24) is 4.57 Å². The second-order valence-corrected chi connectivity index (χ2v) is 8.62. The van der Waals surface area contributed by atoms with E-state index in [2.05, 4.69) is 73.4 Å². The van der Waals surface area contributed by atoms with Gasteiger partial charge in [0.2, 0.25) is 6.33 Å². The summed E-state index contributed by atoms with van der Waals surface area (Å²) in [4.78, 5) is 0. The van der Waals surface area contributed by atoms with E-state index < -0.39 is 0 Å². The number of benzene rings is 3. The molecule has 1 aromatic heterocycles. The lowest BCUT2D eigenvalue weighted by molar-refractivity contribution is -0.671. The van der Waals surface area contributed by atoms with Crippen molar-refractivity contribution in [2.24, 2.45) is 7.05 Å². The molecule has 0 radical (unpaired) electrons. The Morgan fingerprint density at radius 1 is 0.889 bits per heavy atom. The van der Waals surface area contributed by atoms with Crippen molar-refractivity contribution >= 4 is 39.8 Å². The maximum Gasteiger partial charge on any atom is 0.243 e. The van der Waals surface area contributed by atoms with Gasteiger partial charge in [-0.2, -0.15) is 0 Å². The van der Waals surface area contributed by atoms with Crippen molar-refractivity contribution in [1.29, 1.82) is 0 Å². The molecule has 0 spiro atoms. The topological polar surface area (TPSA) is 92.2 Å². The van der Waals surface area contributed by atoms with Gasteiger partial charge in [0.15, 0.2) is 0 Å². The van der Waals surface area contributed by atoms with E-state index in [1.807, 2.05) is 57.4 Å². The minimum atomic E-state index is 0.647. The number of aromatic nitrogens is 2. The molecule has 8 nitrogen and oxygen atoms in total. The summed E-state index contributed by atoms with van der Waals surface area (Å²) in [5.41, 5.74) is 12.7. The number of nitrogens with zero attached hydrogens (tertiary/aromatic N) is 2. The first-order chi connectivity index (χ1) is 17.5. The second kappa shape index (κ2) is 11.9. The van der Waals surface area contributed by atoms with Crippen molar-refractivity contribution < 1.29 is 9.30 Å². The van der Waals surface area contributed by atoms with Gasteiger partial charge in [-0.25, -0.2) is 9.13 Å². The molecule has 0 unspecified atom stereocenters. The standard InChI is InChI=1S/C28H36N7O/c1-4-36-24-12-10-23(11-13-24)33-28-19-26(25(29)18-27(28)30-2)32-22-8-6-21(7-9-22)31-14-5-15-35-17-16-34(3)20-35/h6-13,16-20,30-33H,4-5,14-15,29H2,1-3H3/q+1. The maximum atomic E-state index is 6.36. The molecule has 0 aliphatic heterocycles. The Morgan fingerprint density at radius 2 is 1.56 bits per heavy atom. The number of imidazole rings is 1. The van der Waals surface area contributed by atoms with Crippen molar-refractivity contribution in [3.63, 3.8) is 0 Å². The van der Waals surface area contributed by atoms with Crippen LogP contribution in [0.25, 0.3) is 0 Å². The summed E-state index contributed by atoms with van der Waals surface area (Å²) >= 11 is 0. The summed E-state index contributed by atoms with van der Waals surface area (Å²) in [6.07, 6.45) is 7.28. The van der Waals surface area contributed by atoms with E-state index in [0.29, 0.717) is 12.3 Å². The van der Waals surface area contributed by atoms with Gasteiger partial charge in [-0.1, -0.05) is 0 Å². The van der Waals surface area contributed by atoms with Gasteiger partial charge in [0.25, 0.3) is 0 Å². The highest BCUT2D eigenvalue weighted by Crippen LogP contribution is 2.35. The lowest BCUT2D eigenvalue weighted by atomic mass is 10.1.